The topological polar surface area (TPSA) is 46.9 Å². The standard InChI is InChI=1S/C19H25N3O/c1-7-16-11-12(3)9-10-17(16)15(6)20-19(23)18-13(4)14(5)21-22(18)8-2/h9-11H,6-8H2,1-5H3,(H,20,23). The molecule has 1 aromatic carbocycles. The molecule has 122 valence electrons. The number of carbonyl (C=O) groups excluding carboxylic acids is 1. The highest BCUT2D eigenvalue weighted by molar-refractivity contribution is 5.99. The van der Waals surface area contributed by atoms with Gasteiger partial charge < -0.3 is 5.32 Å². The van der Waals surface area contributed by atoms with Crippen LogP contribution in [0.25, 0.3) is 5.70 Å². The van der Waals surface area contributed by atoms with Gasteiger partial charge in [-0.1, -0.05) is 37.3 Å². The summed E-state index contributed by atoms with van der Waals surface area (Å²) in [6.45, 7) is 14.7. The minimum absolute atomic E-state index is 0.155. The zero-order valence-corrected chi connectivity index (χ0v) is 14.7. The second kappa shape index (κ2) is 6.82. The van der Waals surface area contributed by atoms with Crippen LogP contribution >= 0.6 is 0 Å². The highest BCUT2D eigenvalue weighted by atomic mass is 16.2. The summed E-state index contributed by atoms with van der Waals surface area (Å²) >= 11 is 0. The summed E-state index contributed by atoms with van der Waals surface area (Å²) in [6.07, 6.45) is 0.900. The third kappa shape index (κ3) is 3.36. The van der Waals surface area contributed by atoms with Crippen molar-refractivity contribution in [3.8, 4) is 0 Å². The van der Waals surface area contributed by atoms with E-state index in [0.29, 0.717) is 17.9 Å². The molecule has 0 atom stereocenters. The molecule has 1 heterocycles. The van der Waals surface area contributed by atoms with Crippen LogP contribution in [0.1, 0.15) is 52.3 Å². The molecule has 4 nitrogen and oxygen atoms in total. The average Bonchev–Trinajstić information content (AvgIpc) is 2.81. The molecule has 0 radical (unpaired) electrons. The van der Waals surface area contributed by atoms with Gasteiger partial charge in [0.05, 0.1) is 5.69 Å². The molecule has 2 aromatic rings. The third-order valence-electron chi connectivity index (χ3n) is 4.17. The van der Waals surface area contributed by atoms with Crippen LogP contribution < -0.4 is 5.32 Å². The molecule has 0 aliphatic heterocycles. The van der Waals surface area contributed by atoms with Crippen LogP contribution in [-0.2, 0) is 13.0 Å². The number of aromatic nitrogens is 2. The molecule has 1 N–H and O–H groups in total. The first-order valence-electron chi connectivity index (χ1n) is 8.03. The van der Waals surface area contributed by atoms with E-state index in [1.54, 1.807) is 4.68 Å². The summed E-state index contributed by atoms with van der Waals surface area (Å²) in [5.41, 5.74) is 6.42. The van der Waals surface area contributed by atoms with Crippen molar-refractivity contribution in [2.75, 3.05) is 0 Å². The smallest absolute Gasteiger partial charge is 0.274 e. The van der Waals surface area contributed by atoms with Gasteiger partial charge in [0, 0.05) is 23.4 Å². The molecule has 0 saturated heterocycles. The predicted octanol–water partition coefficient (Wildman–Crippen LogP) is 3.79. The SMILES string of the molecule is C=C(NC(=O)c1c(C)c(C)nn1CC)c1ccc(C)cc1CC. The van der Waals surface area contributed by atoms with Crippen molar-refractivity contribution in [1.29, 1.82) is 0 Å². The summed E-state index contributed by atoms with van der Waals surface area (Å²) in [7, 11) is 0. The molecule has 0 saturated carbocycles. The fourth-order valence-electron chi connectivity index (χ4n) is 2.76. The van der Waals surface area contributed by atoms with Crippen molar-refractivity contribution in [2.24, 2.45) is 0 Å². The summed E-state index contributed by atoms with van der Waals surface area (Å²) in [6, 6.07) is 6.20. The molecule has 1 aromatic heterocycles. The summed E-state index contributed by atoms with van der Waals surface area (Å²) in [5, 5.41) is 7.34. The van der Waals surface area contributed by atoms with Gasteiger partial charge in [0.25, 0.3) is 5.91 Å². The maximum Gasteiger partial charge on any atom is 0.274 e. The van der Waals surface area contributed by atoms with Gasteiger partial charge in [0.1, 0.15) is 5.69 Å². The van der Waals surface area contributed by atoms with Crippen LogP contribution in [0.4, 0.5) is 0 Å². The van der Waals surface area contributed by atoms with Crippen molar-refractivity contribution in [3.63, 3.8) is 0 Å². The van der Waals surface area contributed by atoms with Gasteiger partial charge in [0.2, 0.25) is 0 Å². The lowest BCUT2D eigenvalue weighted by Gasteiger charge is -2.14. The fraction of sp³-hybridized carbons (Fsp3) is 0.368. The van der Waals surface area contributed by atoms with Gasteiger partial charge in [0.15, 0.2) is 0 Å². The largest absolute Gasteiger partial charge is 0.321 e. The normalized spacial score (nSPS) is 10.7. The van der Waals surface area contributed by atoms with Crippen LogP contribution in [0, 0.1) is 20.8 Å². The molecule has 0 aliphatic rings. The van der Waals surface area contributed by atoms with E-state index >= 15 is 0 Å². The first-order valence-corrected chi connectivity index (χ1v) is 8.03. The second-order valence-electron chi connectivity index (χ2n) is 5.82. The van der Waals surface area contributed by atoms with Gasteiger partial charge in [-0.15, -0.1) is 0 Å². The lowest BCUT2D eigenvalue weighted by molar-refractivity contribution is 0.0962. The Morgan fingerprint density at radius 1 is 1.26 bits per heavy atom. The van der Waals surface area contributed by atoms with Crippen molar-refractivity contribution >= 4 is 11.6 Å². The monoisotopic (exact) mass is 311 g/mol. The van der Waals surface area contributed by atoms with E-state index in [4.69, 9.17) is 0 Å². The van der Waals surface area contributed by atoms with Gasteiger partial charge in [-0.05, 0) is 39.7 Å². The van der Waals surface area contributed by atoms with Crippen LogP contribution in [0.2, 0.25) is 0 Å². The Labute approximate surface area is 138 Å². The fourth-order valence-corrected chi connectivity index (χ4v) is 2.76. The van der Waals surface area contributed by atoms with E-state index in [1.807, 2.05) is 32.9 Å². The summed E-state index contributed by atoms with van der Waals surface area (Å²) in [4.78, 5) is 12.7. The second-order valence-corrected chi connectivity index (χ2v) is 5.82. The number of nitrogens with zero attached hydrogens (tertiary/aromatic N) is 2. The van der Waals surface area contributed by atoms with Gasteiger partial charge in [-0.3, -0.25) is 9.48 Å². The Bertz CT molecular complexity index is 756. The van der Waals surface area contributed by atoms with E-state index in [-0.39, 0.29) is 5.91 Å². The first-order chi connectivity index (χ1) is 10.9. The van der Waals surface area contributed by atoms with Crippen molar-refractivity contribution < 1.29 is 4.79 Å². The zero-order valence-electron chi connectivity index (χ0n) is 14.7. The quantitative estimate of drug-likeness (QED) is 0.913. The van der Waals surface area contributed by atoms with Crippen LogP contribution in [0.5, 0.6) is 0 Å². The number of benzene rings is 1. The molecule has 0 bridgehead atoms. The molecule has 0 aliphatic carbocycles. The number of rotatable bonds is 5. The van der Waals surface area contributed by atoms with E-state index in [2.05, 4.69) is 36.9 Å². The highest BCUT2D eigenvalue weighted by Gasteiger charge is 2.19. The molecule has 0 unspecified atom stereocenters. The molecule has 0 fully saturated rings. The van der Waals surface area contributed by atoms with Gasteiger partial charge in [-0.25, -0.2) is 0 Å². The lowest BCUT2D eigenvalue weighted by Crippen LogP contribution is -2.25. The number of hydrogen-bond donors (Lipinski definition) is 1. The molecule has 1 amide bonds. The average molecular weight is 311 g/mol. The van der Waals surface area contributed by atoms with Crippen LogP contribution in [0.3, 0.4) is 0 Å². The van der Waals surface area contributed by atoms with E-state index in [1.165, 1.54) is 11.1 Å². The van der Waals surface area contributed by atoms with Crippen molar-refractivity contribution in [3.05, 3.63) is 58.4 Å². The zero-order chi connectivity index (χ0) is 17.1. The van der Waals surface area contributed by atoms with E-state index < -0.39 is 0 Å². The van der Waals surface area contributed by atoms with E-state index in [9.17, 15) is 4.79 Å². The minimum Gasteiger partial charge on any atom is -0.321 e. The van der Waals surface area contributed by atoms with Crippen molar-refractivity contribution in [2.45, 2.75) is 47.6 Å². The maximum absolute atomic E-state index is 12.7. The summed E-state index contributed by atoms with van der Waals surface area (Å²) < 4.78 is 1.74. The lowest BCUT2D eigenvalue weighted by atomic mass is 10.0. The van der Waals surface area contributed by atoms with Crippen LogP contribution in [0.15, 0.2) is 24.8 Å². The predicted molar refractivity (Wildman–Crippen MR) is 94.4 cm³/mol. The number of hydrogen-bond acceptors (Lipinski definition) is 2. The van der Waals surface area contributed by atoms with Gasteiger partial charge in [-0.2, -0.15) is 5.10 Å². The third-order valence-corrected chi connectivity index (χ3v) is 4.17. The van der Waals surface area contributed by atoms with Crippen LogP contribution in [-0.4, -0.2) is 15.7 Å². The minimum atomic E-state index is -0.155. The Morgan fingerprint density at radius 3 is 2.57 bits per heavy atom. The number of amides is 1. The molecule has 23 heavy (non-hydrogen) atoms. The number of nitrogens with one attached hydrogen (secondary N) is 1. The molecule has 4 heteroatoms. The molecular weight excluding hydrogens is 286 g/mol. The number of carbonyl (C=O) groups is 1. The van der Waals surface area contributed by atoms with E-state index in [0.717, 1.165) is 23.2 Å². The maximum atomic E-state index is 12.7. The molecule has 0 spiro atoms. The summed E-state index contributed by atoms with van der Waals surface area (Å²) in [5.74, 6) is -0.155. The molecular formula is C19H25N3O. The number of aryl methyl sites for hydroxylation is 4. The first kappa shape index (κ1) is 17.0. The Morgan fingerprint density at radius 2 is 1.96 bits per heavy atom. The highest BCUT2D eigenvalue weighted by Crippen LogP contribution is 2.20. The molecule has 2 rings (SSSR count). The Hall–Kier alpha value is -2.36. The van der Waals surface area contributed by atoms with Gasteiger partial charge >= 0.3 is 0 Å². The van der Waals surface area contributed by atoms with Crippen molar-refractivity contribution in [1.82, 2.24) is 15.1 Å². The Kier molecular flexibility index (Phi) is 5.04. The Balaban J connectivity index is 2.29.